The monoisotopic (exact) mass is 501 g/mol. The molecule has 3 aromatic carbocycles. The molecule has 1 fully saturated rings. The van der Waals surface area contributed by atoms with Gasteiger partial charge in [-0.15, -0.1) is 10.2 Å². The van der Waals surface area contributed by atoms with Gasteiger partial charge in [-0.05, 0) is 54.4 Å². The van der Waals surface area contributed by atoms with Crippen LogP contribution in [0.15, 0.2) is 84.4 Å². The number of rotatable bonds is 6. The number of aromatic nitrogens is 2. The number of aliphatic hydroxyl groups excluding tert-OH is 1. The van der Waals surface area contributed by atoms with Crippen molar-refractivity contribution < 1.29 is 23.8 Å². The summed E-state index contributed by atoms with van der Waals surface area (Å²) in [5, 5.41) is 20.0. The van der Waals surface area contributed by atoms with Gasteiger partial charge in [-0.3, -0.25) is 14.5 Å². The van der Waals surface area contributed by atoms with Gasteiger partial charge in [0.1, 0.15) is 28.9 Å². The first-order valence-corrected chi connectivity index (χ1v) is 11.9. The van der Waals surface area contributed by atoms with Crippen LogP contribution >= 0.6 is 11.3 Å². The number of ether oxygens (including phenoxy) is 1. The van der Waals surface area contributed by atoms with Crippen molar-refractivity contribution in [3.8, 4) is 5.75 Å². The molecular weight excluding hydrogens is 481 g/mol. The molecule has 1 atom stereocenters. The van der Waals surface area contributed by atoms with Crippen molar-refractivity contribution in [1.82, 2.24) is 10.2 Å². The van der Waals surface area contributed by atoms with Crippen LogP contribution in [0.5, 0.6) is 5.75 Å². The largest absolute Gasteiger partial charge is 0.507 e. The Bertz CT molecular complexity index is 1470. The highest BCUT2D eigenvalue weighted by Crippen LogP contribution is 2.43. The van der Waals surface area contributed by atoms with Crippen LogP contribution in [0.2, 0.25) is 0 Å². The average molecular weight is 502 g/mol. The highest BCUT2D eigenvalue weighted by atomic mass is 32.1. The Morgan fingerprint density at radius 3 is 2.47 bits per heavy atom. The maximum atomic E-state index is 13.5. The number of hydrogen-bond donors (Lipinski definition) is 1. The van der Waals surface area contributed by atoms with Crippen molar-refractivity contribution in [2.24, 2.45) is 0 Å². The zero-order chi connectivity index (χ0) is 25.2. The summed E-state index contributed by atoms with van der Waals surface area (Å²) in [5.41, 5.74) is 1.61. The number of aryl methyl sites for hydroxylation is 1. The van der Waals surface area contributed by atoms with E-state index in [1.54, 1.807) is 31.2 Å². The summed E-state index contributed by atoms with van der Waals surface area (Å²) in [6, 6.07) is 20.7. The second-order valence-electron chi connectivity index (χ2n) is 8.13. The first-order valence-electron chi connectivity index (χ1n) is 11.1. The molecule has 1 amide bonds. The summed E-state index contributed by atoms with van der Waals surface area (Å²) >= 11 is 1.16. The molecule has 4 aromatic rings. The maximum absolute atomic E-state index is 13.5. The molecule has 36 heavy (non-hydrogen) atoms. The molecular formula is C27H20FN3O4S. The SMILES string of the molecule is Cc1nnc(N2C(=O)C(=O)C(=C(O)c3ccc(F)cc3)C2c2cccc(OCc3ccccc3)c2)s1. The van der Waals surface area contributed by atoms with E-state index in [0.717, 1.165) is 16.9 Å². The van der Waals surface area contributed by atoms with E-state index in [1.165, 1.54) is 29.2 Å². The molecule has 1 aliphatic rings. The van der Waals surface area contributed by atoms with E-state index in [4.69, 9.17) is 4.74 Å². The van der Waals surface area contributed by atoms with E-state index in [-0.39, 0.29) is 16.3 Å². The summed E-state index contributed by atoms with van der Waals surface area (Å²) < 4.78 is 19.4. The Hall–Kier alpha value is -4.37. The van der Waals surface area contributed by atoms with Crippen LogP contribution in [0.25, 0.3) is 5.76 Å². The summed E-state index contributed by atoms with van der Waals surface area (Å²) in [5.74, 6) is -2.08. The predicted molar refractivity (Wildman–Crippen MR) is 133 cm³/mol. The van der Waals surface area contributed by atoms with Gasteiger partial charge in [0.2, 0.25) is 5.13 Å². The van der Waals surface area contributed by atoms with E-state index in [1.807, 2.05) is 30.3 Å². The van der Waals surface area contributed by atoms with Crippen molar-refractivity contribution in [1.29, 1.82) is 0 Å². The maximum Gasteiger partial charge on any atom is 0.301 e. The summed E-state index contributed by atoms with van der Waals surface area (Å²) in [6.45, 7) is 2.07. The number of aliphatic hydroxyl groups is 1. The highest BCUT2D eigenvalue weighted by Gasteiger charge is 2.48. The number of benzene rings is 3. The zero-order valence-electron chi connectivity index (χ0n) is 19.1. The fourth-order valence-corrected chi connectivity index (χ4v) is 4.72. The number of nitrogens with zero attached hydrogens (tertiary/aromatic N) is 3. The standard InChI is InChI=1S/C27H20FN3O4S/c1-16-29-30-27(36-16)31-23(19-8-5-9-21(14-19)35-15-17-6-3-2-4-7-17)22(25(33)26(31)34)24(32)18-10-12-20(28)13-11-18/h2-14,23,32H,15H2,1H3. The van der Waals surface area contributed by atoms with Crippen molar-refractivity contribution in [3.05, 3.63) is 112 Å². The van der Waals surface area contributed by atoms with Crippen molar-refractivity contribution >= 4 is 33.9 Å². The normalized spacial score (nSPS) is 16.9. The molecule has 1 aliphatic heterocycles. The van der Waals surface area contributed by atoms with Gasteiger partial charge in [0.25, 0.3) is 5.78 Å². The van der Waals surface area contributed by atoms with E-state index in [2.05, 4.69) is 10.2 Å². The predicted octanol–water partition coefficient (Wildman–Crippen LogP) is 5.19. The molecule has 0 saturated carbocycles. The Morgan fingerprint density at radius 2 is 1.78 bits per heavy atom. The molecule has 1 aromatic heterocycles. The van der Waals surface area contributed by atoms with Gasteiger partial charge in [-0.25, -0.2) is 4.39 Å². The number of hydrogen-bond acceptors (Lipinski definition) is 7. The lowest BCUT2D eigenvalue weighted by Crippen LogP contribution is -2.29. The first kappa shape index (κ1) is 23.4. The number of Topliss-reactive ketones (excluding diaryl/α,β-unsaturated/α-hetero) is 1. The Labute approximate surface area is 210 Å². The van der Waals surface area contributed by atoms with Crippen LogP contribution < -0.4 is 9.64 Å². The number of ketones is 1. The molecule has 2 heterocycles. The van der Waals surface area contributed by atoms with Crippen LogP contribution in [0.1, 0.15) is 27.7 Å². The molecule has 1 saturated heterocycles. The van der Waals surface area contributed by atoms with Crippen molar-refractivity contribution in [2.45, 2.75) is 19.6 Å². The third-order valence-electron chi connectivity index (χ3n) is 5.71. The number of carbonyl (C=O) groups excluding carboxylic acids is 2. The fraction of sp³-hybridized carbons (Fsp3) is 0.111. The molecule has 180 valence electrons. The van der Waals surface area contributed by atoms with Gasteiger partial charge in [0.05, 0.1) is 11.6 Å². The summed E-state index contributed by atoms with van der Waals surface area (Å²) in [4.78, 5) is 27.6. The third kappa shape index (κ3) is 4.48. The van der Waals surface area contributed by atoms with E-state index in [0.29, 0.717) is 22.9 Å². The van der Waals surface area contributed by atoms with Crippen molar-refractivity contribution in [2.75, 3.05) is 4.90 Å². The second-order valence-corrected chi connectivity index (χ2v) is 9.29. The molecule has 1 unspecified atom stereocenters. The fourth-order valence-electron chi connectivity index (χ4n) is 4.01. The highest BCUT2D eigenvalue weighted by molar-refractivity contribution is 7.15. The number of amides is 1. The van der Waals surface area contributed by atoms with Gasteiger partial charge in [-0.1, -0.05) is 53.8 Å². The van der Waals surface area contributed by atoms with Gasteiger partial charge < -0.3 is 9.84 Å². The van der Waals surface area contributed by atoms with Gasteiger partial charge in [0, 0.05) is 5.56 Å². The van der Waals surface area contributed by atoms with Crippen LogP contribution in [-0.4, -0.2) is 27.0 Å². The Morgan fingerprint density at radius 1 is 1.03 bits per heavy atom. The lowest BCUT2D eigenvalue weighted by molar-refractivity contribution is -0.132. The molecule has 0 aliphatic carbocycles. The Balaban J connectivity index is 1.59. The quantitative estimate of drug-likeness (QED) is 0.222. The summed E-state index contributed by atoms with van der Waals surface area (Å²) in [7, 11) is 0. The van der Waals surface area contributed by atoms with Crippen LogP contribution in [-0.2, 0) is 16.2 Å². The average Bonchev–Trinajstić information content (AvgIpc) is 3.44. The van der Waals surface area contributed by atoms with Crippen LogP contribution in [0.4, 0.5) is 9.52 Å². The van der Waals surface area contributed by atoms with Gasteiger partial charge in [-0.2, -0.15) is 0 Å². The van der Waals surface area contributed by atoms with E-state index in [9.17, 15) is 19.1 Å². The molecule has 0 spiro atoms. The van der Waals surface area contributed by atoms with Crippen molar-refractivity contribution in [3.63, 3.8) is 0 Å². The minimum absolute atomic E-state index is 0.125. The molecule has 1 N–H and O–H groups in total. The van der Waals surface area contributed by atoms with Gasteiger partial charge in [0.15, 0.2) is 0 Å². The van der Waals surface area contributed by atoms with Crippen LogP contribution in [0.3, 0.4) is 0 Å². The first-order chi connectivity index (χ1) is 17.4. The molecule has 9 heteroatoms. The molecule has 5 rings (SSSR count). The minimum Gasteiger partial charge on any atom is -0.507 e. The smallest absolute Gasteiger partial charge is 0.301 e. The van der Waals surface area contributed by atoms with Crippen LogP contribution in [0, 0.1) is 12.7 Å². The minimum atomic E-state index is -0.984. The van der Waals surface area contributed by atoms with Gasteiger partial charge >= 0.3 is 5.91 Å². The molecule has 7 nitrogen and oxygen atoms in total. The topological polar surface area (TPSA) is 92.6 Å². The van der Waals surface area contributed by atoms with E-state index >= 15 is 0 Å². The third-order valence-corrected chi connectivity index (χ3v) is 6.54. The van der Waals surface area contributed by atoms with E-state index < -0.39 is 29.3 Å². The number of anilines is 1. The zero-order valence-corrected chi connectivity index (χ0v) is 19.9. The lowest BCUT2D eigenvalue weighted by Gasteiger charge is -2.23. The summed E-state index contributed by atoms with van der Waals surface area (Å²) in [6.07, 6.45) is 0. The number of halogens is 1. The second kappa shape index (κ2) is 9.71. The Kier molecular flexibility index (Phi) is 6.30. The molecule has 0 bridgehead atoms. The number of carbonyl (C=O) groups is 2. The molecule has 0 radical (unpaired) electrons. The lowest BCUT2D eigenvalue weighted by atomic mass is 9.95.